The van der Waals surface area contributed by atoms with Crippen LogP contribution >= 0.6 is 11.3 Å². The van der Waals surface area contributed by atoms with Crippen LogP contribution in [0.4, 0.5) is 13.9 Å². The highest BCUT2D eigenvalue weighted by Gasteiger charge is 2.28. The average molecular weight is 717 g/mol. The van der Waals surface area contributed by atoms with Gasteiger partial charge >= 0.3 is 0 Å². The molecule has 50 heavy (non-hydrogen) atoms. The maximum atomic E-state index is 14.8. The van der Waals surface area contributed by atoms with Crippen LogP contribution in [0, 0.1) is 11.6 Å². The van der Waals surface area contributed by atoms with E-state index in [0.29, 0.717) is 101 Å². The Kier molecular flexibility index (Phi) is 13.7. The van der Waals surface area contributed by atoms with Crippen LogP contribution in [0.3, 0.4) is 0 Å². The summed E-state index contributed by atoms with van der Waals surface area (Å²) >= 11 is 1.42. The number of thiazole rings is 1. The van der Waals surface area contributed by atoms with Crippen LogP contribution in [0.25, 0.3) is 11.3 Å². The number of imide groups is 1. The first kappa shape index (κ1) is 36.9. The largest absolute Gasteiger partial charge is 0.491 e. The highest BCUT2D eigenvalue weighted by molar-refractivity contribution is 7.14. The Balaban J connectivity index is 0.944. The molecule has 0 radical (unpaired) electrons. The molecule has 3 heterocycles. The molecule has 0 aliphatic carbocycles. The van der Waals surface area contributed by atoms with E-state index >= 15 is 0 Å². The first-order chi connectivity index (χ1) is 24.3. The fourth-order valence-corrected chi connectivity index (χ4v) is 6.17. The van der Waals surface area contributed by atoms with E-state index in [2.05, 4.69) is 15.2 Å². The van der Waals surface area contributed by atoms with E-state index in [1.165, 1.54) is 28.6 Å². The van der Waals surface area contributed by atoms with Crippen LogP contribution in [-0.4, -0.2) is 94.3 Å². The van der Waals surface area contributed by atoms with Gasteiger partial charge in [-0.3, -0.25) is 14.9 Å². The van der Waals surface area contributed by atoms with Gasteiger partial charge in [-0.05, 0) is 36.2 Å². The van der Waals surface area contributed by atoms with E-state index in [4.69, 9.17) is 35.3 Å². The number of hydrogen-bond acceptors (Lipinski definition) is 13. The van der Waals surface area contributed by atoms with Crippen LogP contribution < -0.4 is 31.3 Å². The van der Waals surface area contributed by atoms with Crippen molar-refractivity contribution in [1.29, 1.82) is 0 Å². The first-order valence-corrected chi connectivity index (χ1v) is 17.3. The number of nitrogens with zero attached hydrogens (tertiary/aromatic N) is 3. The van der Waals surface area contributed by atoms with Crippen LogP contribution in [0.2, 0.25) is 0 Å². The monoisotopic (exact) mass is 716 g/mol. The van der Waals surface area contributed by atoms with E-state index in [1.807, 2.05) is 12.1 Å². The number of halogens is 2. The van der Waals surface area contributed by atoms with Crippen molar-refractivity contribution in [1.82, 2.24) is 15.3 Å². The van der Waals surface area contributed by atoms with Gasteiger partial charge in [0.2, 0.25) is 17.6 Å². The Morgan fingerprint density at radius 1 is 1.02 bits per heavy atom. The molecule has 13 nitrogen and oxygen atoms in total. The second kappa shape index (κ2) is 18.6. The molecule has 2 aromatic carbocycles. The van der Waals surface area contributed by atoms with Crippen molar-refractivity contribution in [3.05, 3.63) is 70.9 Å². The lowest BCUT2D eigenvalue weighted by atomic mass is 9.90. The van der Waals surface area contributed by atoms with Gasteiger partial charge in [0.25, 0.3) is 0 Å². The molecular formula is C34H42F2N6O7S. The molecule has 2 saturated heterocycles. The fourth-order valence-electron chi connectivity index (χ4n) is 5.29. The molecule has 16 heteroatoms. The molecule has 2 fully saturated rings. The van der Waals surface area contributed by atoms with Gasteiger partial charge in [0.05, 0.1) is 64.4 Å². The minimum Gasteiger partial charge on any atom is -0.491 e. The topological polar surface area (TPSA) is 164 Å². The maximum absolute atomic E-state index is 14.8. The van der Waals surface area contributed by atoms with Gasteiger partial charge < -0.3 is 39.3 Å². The van der Waals surface area contributed by atoms with Crippen molar-refractivity contribution in [2.75, 3.05) is 77.4 Å². The summed E-state index contributed by atoms with van der Waals surface area (Å²) in [6.07, 6.45) is 2.59. The number of carbonyl (C=O) groups excluding carboxylic acids is 2. The van der Waals surface area contributed by atoms with E-state index in [-0.39, 0.29) is 36.5 Å². The first-order valence-electron chi connectivity index (χ1n) is 16.4. The molecule has 1 unspecified atom stereocenters. The van der Waals surface area contributed by atoms with Crippen LogP contribution in [0.1, 0.15) is 30.7 Å². The number of anilines is 1. The average Bonchev–Trinajstić information content (AvgIpc) is 3.60. The van der Waals surface area contributed by atoms with Crippen molar-refractivity contribution >= 4 is 28.3 Å². The number of nitrogens with two attached hydrogens (primary N) is 2. The predicted molar refractivity (Wildman–Crippen MR) is 182 cm³/mol. The third-order valence-corrected chi connectivity index (χ3v) is 8.85. The highest BCUT2D eigenvalue weighted by Crippen LogP contribution is 2.36. The fraction of sp³-hybridized carbons (Fsp3) is 0.441. The van der Waals surface area contributed by atoms with Gasteiger partial charge in [-0.1, -0.05) is 12.1 Å². The molecule has 0 saturated carbocycles. The lowest BCUT2D eigenvalue weighted by Gasteiger charge is -2.26. The Hall–Kier alpha value is -4.35. The van der Waals surface area contributed by atoms with Gasteiger partial charge in [-0.15, -0.1) is 11.3 Å². The number of carbonyl (C=O) groups is 2. The van der Waals surface area contributed by atoms with Crippen molar-refractivity contribution in [2.24, 2.45) is 11.6 Å². The molecule has 2 aliphatic heterocycles. The van der Waals surface area contributed by atoms with Crippen LogP contribution in [0.5, 0.6) is 11.5 Å². The molecule has 3 aromatic rings. The third kappa shape index (κ3) is 10.6. The summed E-state index contributed by atoms with van der Waals surface area (Å²) in [4.78, 5) is 30.1. The van der Waals surface area contributed by atoms with Gasteiger partial charge in [0.15, 0.2) is 16.7 Å². The molecule has 0 spiro atoms. The summed E-state index contributed by atoms with van der Waals surface area (Å²) in [7, 11) is 0. The van der Waals surface area contributed by atoms with E-state index < -0.39 is 11.6 Å². The van der Waals surface area contributed by atoms with Crippen LogP contribution in [0.15, 0.2) is 53.7 Å². The Morgan fingerprint density at radius 2 is 1.76 bits per heavy atom. The molecule has 270 valence electrons. The zero-order valence-electron chi connectivity index (χ0n) is 27.6. The quantitative estimate of drug-likeness (QED) is 0.0763. The Bertz CT molecular complexity index is 1600. The smallest absolute Gasteiger partial charge is 0.234 e. The van der Waals surface area contributed by atoms with Crippen molar-refractivity contribution in [2.45, 2.75) is 25.2 Å². The molecule has 2 amide bonds. The van der Waals surface area contributed by atoms with E-state index in [1.54, 1.807) is 17.5 Å². The van der Waals surface area contributed by atoms with Gasteiger partial charge in [-0.2, -0.15) is 4.39 Å². The molecule has 1 atom stereocenters. The number of aromatic nitrogens is 1. The SMILES string of the molecule is N/C(=C\N(N)CCOCCOCCOc1ccc(C2CCC(=O)NC2=O)cc1)CCOc1c(-c2csc(N3CCOCC3)n2)ccc(F)c1F. The molecule has 5 rings (SSSR count). The highest BCUT2D eigenvalue weighted by atomic mass is 32.1. The summed E-state index contributed by atoms with van der Waals surface area (Å²) in [5, 5.41) is 6.33. The molecule has 1 aromatic heterocycles. The number of ether oxygens (including phenoxy) is 5. The van der Waals surface area contributed by atoms with Gasteiger partial charge in [0.1, 0.15) is 12.4 Å². The standard InChI is InChI=1S/C34H42F2N6O7S/c35-28-7-5-27(29-22-50-34(39-29)41-10-14-45-15-11-41)32(31(28)36)49-13-9-24(37)21-42(38)12-16-46-17-18-47-19-20-48-25-3-1-23(2-4-25)26-6-8-30(43)40-33(26)44/h1-5,7,21-22,26H,6,8-20,37-38H2,(H,40,43,44)/b24-21-. The third-order valence-electron chi connectivity index (χ3n) is 7.95. The van der Waals surface area contributed by atoms with E-state index in [0.717, 1.165) is 16.8 Å². The number of morpholine rings is 1. The predicted octanol–water partition coefficient (Wildman–Crippen LogP) is 3.30. The number of hydrogen-bond donors (Lipinski definition) is 3. The van der Waals surface area contributed by atoms with Crippen molar-refractivity contribution < 1.29 is 42.1 Å². The number of amides is 2. The van der Waals surface area contributed by atoms with Gasteiger partial charge in [-0.25, -0.2) is 15.2 Å². The minimum atomic E-state index is -1.08. The summed E-state index contributed by atoms with van der Waals surface area (Å²) < 4.78 is 56.8. The number of hydrazine groups is 1. The summed E-state index contributed by atoms with van der Waals surface area (Å²) in [6.45, 7) is 4.76. The lowest BCUT2D eigenvalue weighted by Crippen LogP contribution is -2.39. The zero-order valence-corrected chi connectivity index (χ0v) is 28.4. The van der Waals surface area contributed by atoms with Gasteiger partial charge in [0, 0.05) is 48.8 Å². The number of rotatable bonds is 18. The van der Waals surface area contributed by atoms with E-state index in [9.17, 15) is 18.4 Å². The Morgan fingerprint density at radius 3 is 2.52 bits per heavy atom. The van der Waals surface area contributed by atoms with Crippen molar-refractivity contribution in [3.8, 4) is 22.8 Å². The maximum Gasteiger partial charge on any atom is 0.234 e. The number of nitrogens with one attached hydrogen (secondary N) is 1. The second-order valence-corrected chi connectivity index (χ2v) is 12.4. The summed E-state index contributed by atoms with van der Waals surface area (Å²) in [5.74, 6) is 3.51. The number of piperidine rings is 1. The Labute approximate surface area is 293 Å². The summed E-state index contributed by atoms with van der Waals surface area (Å²) in [6, 6.07) is 9.76. The van der Waals surface area contributed by atoms with Crippen molar-refractivity contribution in [3.63, 3.8) is 0 Å². The molecule has 0 bridgehead atoms. The normalized spacial score (nSPS) is 16.7. The zero-order chi connectivity index (χ0) is 35.3. The molecular weight excluding hydrogens is 674 g/mol. The lowest BCUT2D eigenvalue weighted by molar-refractivity contribution is -0.134. The second-order valence-electron chi connectivity index (χ2n) is 11.5. The molecule has 5 N–H and O–H groups in total. The number of benzene rings is 2. The summed E-state index contributed by atoms with van der Waals surface area (Å²) in [5.41, 5.74) is 8.19. The van der Waals surface area contributed by atoms with Crippen LogP contribution in [-0.2, 0) is 23.8 Å². The minimum absolute atomic E-state index is 0.00473. The molecule has 2 aliphatic rings.